The molecule has 1 fully saturated rings. The number of thiazole rings is 3. The van der Waals surface area contributed by atoms with Gasteiger partial charge in [-0.2, -0.15) is 26.3 Å². The van der Waals surface area contributed by atoms with Crippen molar-refractivity contribution in [3.8, 4) is 11.5 Å². The van der Waals surface area contributed by atoms with Gasteiger partial charge in [-0.3, -0.25) is 25.0 Å². The average molecular weight is 1130 g/mol. The average Bonchev–Trinajstić information content (AvgIpc) is 3.78. The lowest BCUT2D eigenvalue weighted by atomic mass is 9.99. The van der Waals surface area contributed by atoms with Gasteiger partial charge in [-0.1, -0.05) is 97.0 Å². The predicted molar refractivity (Wildman–Crippen MR) is 284 cm³/mol. The first-order chi connectivity index (χ1) is 34.9. The van der Waals surface area contributed by atoms with Gasteiger partial charge in [0.05, 0.1) is 59.5 Å². The van der Waals surface area contributed by atoms with Crippen molar-refractivity contribution in [2.75, 3.05) is 29.1 Å². The Labute approximate surface area is 442 Å². The first-order valence-corrected chi connectivity index (χ1v) is 25.6. The minimum Gasteiger partial charge on any atom is -0.507 e. The van der Waals surface area contributed by atoms with Crippen molar-refractivity contribution in [2.24, 2.45) is 5.73 Å². The molecule has 0 saturated heterocycles. The number of nitrogens with one attached hydrogen (secondary N) is 3. The summed E-state index contributed by atoms with van der Waals surface area (Å²) < 4.78 is 78.1. The second-order valence-corrected chi connectivity index (χ2v) is 20.1. The Morgan fingerprint density at radius 2 is 1.23 bits per heavy atom. The summed E-state index contributed by atoms with van der Waals surface area (Å²) in [5.41, 5.74) is 6.84. The topological polar surface area (TPSA) is 213 Å². The number of nitrogens with two attached hydrogens (primary N) is 1. The molecule has 3 amide bonds. The van der Waals surface area contributed by atoms with Crippen LogP contribution in [0.3, 0.4) is 0 Å². The van der Waals surface area contributed by atoms with Crippen LogP contribution in [0.1, 0.15) is 108 Å². The number of fused-ring (bicyclic) bond motifs is 3. The maximum absolute atomic E-state index is 12.8. The van der Waals surface area contributed by atoms with Crippen LogP contribution in [0.5, 0.6) is 11.5 Å². The number of rotatable bonds is 8. The number of para-hydroxylation sites is 1. The lowest BCUT2D eigenvalue weighted by Gasteiger charge is -2.12. The third kappa shape index (κ3) is 15.5. The van der Waals surface area contributed by atoms with E-state index < -0.39 is 35.3 Å². The number of phenolic OH excluding ortho intramolecular Hbond substituents is 2. The molecule has 0 radical (unpaired) electrons. The van der Waals surface area contributed by atoms with Crippen LogP contribution >= 0.6 is 57.2 Å². The molecule has 0 bridgehead atoms. The highest BCUT2D eigenvalue weighted by Crippen LogP contribution is 2.46. The Morgan fingerprint density at radius 1 is 0.716 bits per heavy atom. The van der Waals surface area contributed by atoms with Gasteiger partial charge in [-0.05, 0) is 115 Å². The summed E-state index contributed by atoms with van der Waals surface area (Å²) in [4.78, 5) is 48.2. The number of phenols is 2. The fourth-order valence-electron chi connectivity index (χ4n) is 6.68. The number of hydrogen-bond donors (Lipinski definition) is 7. The van der Waals surface area contributed by atoms with Gasteiger partial charge in [-0.25, -0.2) is 15.0 Å². The molecule has 0 unspecified atom stereocenters. The molecule has 3 heterocycles. The van der Waals surface area contributed by atoms with Gasteiger partial charge in [-0.15, -0.1) is 0 Å². The zero-order valence-electron chi connectivity index (χ0n) is 40.2. The van der Waals surface area contributed by atoms with Gasteiger partial charge in [0, 0.05) is 23.5 Å². The lowest BCUT2D eigenvalue weighted by Crippen LogP contribution is -2.12. The molecule has 0 atom stereocenters. The van der Waals surface area contributed by atoms with E-state index in [4.69, 9.17) is 34.0 Å². The van der Waals surface area contributed by atoms with Gasteiger partial charge in [0.25, 0.3) is 11.8 Å². The van der Waals surface area contributed by atoms with Gasteiger partial charge in [0.15, 0.2) is 15.4 Å². The molecule has 1 saturated carbocycles. The molecule has 24 heteroatoms. The van der Waals surface area contributed by atoms with Crippen LogP contribution in [-0.4, -0.2) is 61.1 Å². The molecule has 74 heavy (non-hydrogen) atoms. The number of carbonyl (C=O) groups excluding carboxylic acids is 3. The molecule has 8 N–H and O–H groups in total. The number of aliphatic hydroxyl groups excluding tert-OH is 1. The normalized spacial score (nSPS) is 12.1. The standard InChI is InChI=1S/C18H14ClF3N2O2S.C18H15ClN2O2S.C10H7F3N2OS.C2H7NO.C2H6/c1-8(2)11-6-10(19)7-12(15(11)25)16(26)24-17-23-13-4-3-9(18(20,21)22)5-14(13)27-17;1-9-2-5-14-15(6-9)24-18(20-14)21-17(23)13-8-11(19)7-12(16(13)22)10-3-4-10;1-5(16)14-9-15-8-6(10(11,12)13)3-2-4-7(8)17-9;3-1-2-4;1-2/h3-8,25H,1-2H3,(H,23,24,26);2,5-8,10,22H,3-4H2,1H3,(H,20,21,23);2-4H,1H3,(H,14,15,16);4H,1-3H2;1-2H3. The van der Waals surface area contributed by atoms with Crippen LogP contribution in [0.15, 0.2) is 78.9 Å². The van der Waals surface area contributed by atoms with Crippen LogP contribution in [-0.2, 0) is 17.1 Å². The van der Waals surface area contributed by atoms with Crippen LogP contribution in [0, 0.1) is 6.92 Å². The predicted octanol–water partition coefficient (Wildman–Crippen LogP) is 14.4. The molecule has 0 aliphatic heterocycles. The molecular formula is C50H49Cl2F6N7O6S3. The number of aryl methyl sites for hydroxylation is 1. The molecule has 394 valence electrons. The maximum atomic E-state index is 12.8. The van der Waals surface area contributed by atoms with E-state index in [2.05, 4.69) is 30.9 Å². The molecule has 5 aromatic carbocycles. The van der Waals surface area contributed by atoms with Gasteiger partial charge >= 0.3 is 12.4 Å². The van der Waals surface area contributed by atoms with E-state index in [9.17, 15) is 50.9 Å². The van der Waals surface area contributed by atoms with E-state index >= 15 is 0 Å². The van der Waals surface area contributed by atoms with E-state index in [0.29, 0.717) is 48.1 Å². The highest BCUT2D eigenvalue weighted by Gasteiger charge is 2.34. The minimum atomic E-state index is -4.46. The van der Waals surface area contributed by atoms with E-state index in [1.807, 2.05) is 52.8 Å². The Kier molecular flexibility index (Phi) is 20.2. The number of aliphatic hydroxyl groups is 1. The number of halogens is 8. The highest BCUT2D eigenvalue weighted by molar-refractivity contribution is 7.23. The largest absolute Gasteiger partial charge is 0.507 e. The van der Waals surface area contributed by atoms with Gasteiger partial charge < -0.3 is 26.4 Å². The van der Waals surface area contributed by atoms with Crippen molar-refractivity contribution in [1.29, 1.82) is 0 Å². The molecule has 0 spiro atoms. The molecular weight excluding hydrogens is 1080 g/mol. The number of anilines is 3. The van der Waals surface area contributed by atoms with Crippen LogP contribution in [0.2, 0.25) is 10.0 Å². The lowest BCUT2D eigenvalue weighted by molar-refractivity contribution is -0.137. The Morgan fingerprint density at radius 3 is 1.74 bits per heavy atom. The molecule has 9 rings (SSSR count). The van der Waals surface area contributed by atoms with Crippen LogP contribution < -0.4 is 21.7 Å². The number of aromatic nitrogens is 3. The van der Waals surface area contributed by atoms with Crippen molar-refractivity contribution in [3.05, 3.63) is 128 Å². The van der Waals surface area contributed by atoms with Crippen LogP contribution in [0.25, 0.3) is 30.6 Å². The summed E-state index contributed by atoms with van der Waals surface area (Å²) in [6.45, 7) is 11.5. The summed E-state index contributed by atoms with van der Waals surface area (Å²) in [5.74, 6) is -1.32. The number of nitrogens with zero attached hydrogens (tertiary/aromatic N) is 3. The van der Waals surface area contributed by atoms with E-state index in [1.54, 1.807) is 12.1 Å². The minimum absolute atomic E-state index is 0.0244. The maximum Gasteiger partial charge on any atom is 0.418 e. The zero-order chi connectivity index (χ0) is 54.8. The third-order valence-corrected chi connectivity index (χ3v) is 13.4. The molecule has 3 aromatic heterocycles. The summed E-state index contributed by atoms with van der Waals surface area (Å²) in [7, 11) is 0. The fourth-order valence-corrected chi connectivity index (χ4v) is 9.93. The van der Waals surface area contributed by atoms with Crippen molar-refractivity contribution in [1.82, 2.24) is 15.0 Å². The second-order valence-electron chi connectivity index (χ2n) is 16.2. The monoisotopic (exact) mass is 1120 g/mol. The summed E-state index contributed by atoms with van der Waals surface area (Å²) in [6.07, 6.45) is -6.86. The molecule has 8 aromatic rings. The van der Waals surface area contributed by atoms with Crippen molar-refractivity contribution in [2.45, 2.75) is 78.6 Å². The number of aromatic hydroxyl groups is 2. The number of benzene rings is 5. The van der Waals surface area contributed by atoms with E-state index in [1.165, 1.54) is 48.6 Å². The Bertz CT molecular complexity index is 3290. The number of hydrogen-bond acceptors (Lipinski definition) is 13. The van der Waals surface area contributed by atoms with Gasteiger partial charge in [0.2, 0.25) is 5.91 Å². The second kappa shape index (κ2) is 25.4. The first kappa shape index (κ1) is 58.7. The van der Waals surface area contributed by atoms with Gasteiger partial charge in [0.1, 0.15) is 11.5 Å². The van der Waals surface area contributed by atoms with Crippen molar-refractivity contribution >= 4 is 121 Å². The number of alkyl halides is 6. The zero-order valence-corrected chi connectivity index (χ0v) is 44.2. The summed E-state index contributed by atoms with van der Waals surface area (Å²) >= 11 is 15.5. The van der Waals surface area contributed by atoms with Crippen molar-refractivity contribution in [3.63, 3.8) is 0 Å². The van der Waals surface area contributed by atoms with Crippen molar-refractivity contribution < 1.29 is 56.0 Å². The van der Waals surface area contributed by atoms with E-state index in [0.717, 1.165) is 75.1 Å². The molecule has 1 aliphatic rings. The Hall–Kier alpha value is -6.14. The summed E-state index contributed by atoms with van der Waals surface area (Å²) in [6, 6.07) is 19.1. The molecule has 1 aliphatic carbocycles. The number of amides is 3. The third-order valence-electron chi connectivity index (χ3n) is 10.2. The van der Waals surface area contributed by atoms with E-state index in [-0.39, 0.29) is 56.8 Å². The Balaban J connectivity index is 0.000000199. The van der Waals surface area contributed by atoms with Crippen LogP contribution in [0.4, 0.5) is 41.7 Å². The highest BCUT2D eigenvalue weighted by atomic mass is 35.5. The quantitative estimate of drug-likeness (QED) is 0.0715. The smallest absolute Gasteiger partial charge is 0.418 e. The number of carbonyl (C=O) groups is 3. The fraction of sp³-hybridized carbons (Fsp3) is 0.280. The summed E-state index contributed by atoms with van der Waals surface area (Å²) in [5, 5.41) is 37.7. The molecule has 13 nitrogen and oxygen atoms in total. The SMILES string of the molecule is CC.CC(=O)Nc1nc2c(C(F)(F)F)cccc2s1.CC(C)c1cc(Cl)cc(C(=O)Nc2nc3ccc(C(F)(F)F)cc3s2)c1O.Cc1ccc2nc(NC(=O)c3cc(Cl)cc(C4CC4)c3O)sc2c1.NCCO. The first-order valence-electron chi connectivity index (χ1n) is 22.4.